The lowest BCUT2D eigenvalue weighted by Gasteiger charge is -2.48. The van der Waals surface area contributed by atoms with Crippen LogP contribution < -0.4 is 0 Å². The third-order valence-corrected chi connectivity index (χ3v) is 4.91. The largest absolute Gasteiger partial charge is 0.450 e. The summed E-state index contributed by atoms with van der Waals surface area (Å²) in [6.07, 6.45) is 4.48. The molecule has 0 N–H and O–H groups in total. The molecule has 2 amide bonds. The smallest absolute Gasteiger partial charge is 0.409 e. The summed E-state index contributed by atoms with van der Waals surface area (Å²) in [5, 5.41) is 0. The highest BCUT2D eigenvalue weighted by atomic mass is 16.6. The SMILES string of the molecule is CCOC(=O)N1CCC[C@]2(CCC(=O)N(CCC(C)C)C2)C1. The molecule has 2 aliphatic heterocycles. The molecule has 2 fully saturated rings. The van der Waals surface area contributed by atoms with Crippen molar-refractivity contribution in [3.63, 3.8) is 0 Å². The first-order valence-electron chi connectivity index (χ1n) is 8.65. The second-order valence-electron chi connectivity index (χ2n) is 7.22. The lowest BCUT2D eigenvalue weighted by Crippen LogP contribution is -2.55. The van der Waals surface area contributed by atoms with Crippen LogP contribution in [0.15, 0.2) is 0 Å². The van der Waals surface area contributed by atoms with Crippen molar-refractivity contribution >= 4 is 12.0 Å². The molecule has 2 heterocycles. The average Bonchev–Trinajstić information content (AvgIpc) is 2.49. The molecule has 0 aromatic heterocycles. The first-order valence-corrected chi connectivity index (χ1v) is 8.65. The number of carbonyl (C=O) groups is 2. The van der Waals surface area contributed by atoms with E-state index in [1.54, 1.807) is 0 Å². The molecule has 22 heavy (non-hydrogen) atoms. The zero-order valence-electron chi connectivity index (χ0n) is 14.3. The van der Waals surface area contributed by atoms with Crippen LogP contribution in [0.5, 0.6) is 0 Å². The fourth-order valence-electron chi connectivity index (χ4n) is 3.63. The van der Waals surface area contributed by atoms with E-state index < -0.39 is 0 Å². The summed E-state index contributed by atoms with van der Waals surface area (Å²) in [4.78, 5) is 28.0. The maximum absolute atomic E-state index is 12.2. The van der Waals surface area contributed by atoms with Crippen LogP contribution in [0, 0.1) is 11.3 Å². The van der Waals surface area contributed by atoms with Crippen molar-refractivity contribution < 1.29 is 14.3 Å². The second kappa shape index (κ2) is 7.34. The summed E-state index contributed by atoms with van der Waals surface area (Å²) in [5.74, 6) is 0.882. The van der Waals surface area contributed by atoms with E-state index >= 15 is 0 Å². The summed E-state index contributed by atoms with van der Waals surface area (Å²) < 4.78 is 5.15. The lowest BCUT2D eigenvalue weighted by molar-refractivity contribution is -0.139. The number of likely N-dealkylation sites (tertiary alicyclic amines) is 2. The normalized spacial score (nSPS) is 25.9. The highest BCUT2D eigenvalue weighted by molar-refractivity contribution is 5.77. The number of carbonyl (C=O) groups excluding carboxylic acids is 2. The van der Waals surface area contributed by atoms with Crippen LogP contribution >= 0.6 is 0 Å². The van der Waals surface area contributed by atoms with Gasteiger partial charge in [-0.15, -0.1) is 0 Å². The molecule has 0 aliphatic carbocycles. The zero-order valence-corrected chi connectivity index (χ0v) is 14.3. The van der Waals surface area contributed by atoms with Gasteiger partial charge in [0, 0.05) is 38.0 Å². The van der Waals surface area contributed by atoms with Gasteiger partial charge in [0.1, 0.15) is 0 Å². The van der Waals surface area contributed by atoms with Gasteiger partial charge >= 0.3 is 6.09 Å². The topological polar surface area (TPSA) is 49.9 Å². The van der Waals surface area contributed by atoms with E-state index in [1.165, 1.54) is 0 Å². The fraction of sp³-hybridized carbons (Fsp3) is 0.882. The minimum Gasteiger partial charge on any atom is -0.450 e. The minimum atomic E-state index is -0.202. The van der Waals surface area contributed by atoms with Gasteiger partial charge in [-0.25, -0.2) is 4.79 Å². The van der Waals surface area contributed by atoms with Gasteiger partial charge in [0.15, 0.2) is 0 Å². The maximum atomic E-state index is 12.2. The molecule has 5 heteroatoms. The lowest BCUT2D eigenvalue weighted by atomic mass is 9.73. The maximum Gasteiger partial charge on any atom is 0.409 e. The van der Waals surface area contributed by atoms with E-state index in [1.807, 2.05) is 16.7 Å². The molecular weight excluding hydrogens is 280 g/mol. The first kappa shape index (κ1) is 17.1. The molecule has 0 bridgehead atoms. The molecule has 5 nitrogen and oxygen atoms in total. The van der Waals surface area contributed by atoms with Crippen molar-refractivity contribution in [2.45, 2.75) is 52.9 Å². The predicted molar refractivity (Wildman–Crippen MR) is 85.5 cm³/mol. The third kappa shape index (κ3) is 4.14. The number of rotatable bonds is 4. The van der Waals surface area contributed by atoms with Crippen molar-refractivity contribution in [3.8, 4) is 0 Å². The number of ether oxygens (including phenoxy) is 1. The predicted octanol–water partition coefficient (Wildman–Crippen LogP) is 2.89. The number of hydrogen-bond acceptors (Lipinski definition) is 3. The van der Waals surface area contributed by atoms with E-state index in [0.29, 0.717) is 18.9 Å². The quantitative estimate of drug-likeness (QED) is 0.802. The van der Waals surface area contributed by atoms with E-state index in [0.717, 1.165) is 51.9 Å². The Morgan fingerprint density at radius 2 is 2.09 bits per heavy atom. The Labute approximate surface area is 134 Å². The van der Waals surface area contributed by atoms with Crippen molar-refractivity contribution in [2.24, 2.45) is 11.3 Å². The number of nitrogens with zero attached hydrogens (tertiary/aromatic N) is 2. The number of amides is 2. The highest BCUT2D eigenvalue weighted by Gasteiger charge is 2.42. The standard InChI is InChI=1S/C17H30N2O3/c1-4-22-16(21)19-10-5-8-17(13-19)9-6-15(20)18(12-17)11-7-14(2)3/h14H,4-13H2,1-3H3/t17-/m1/s1. The van der Waals surface area contributed by atoms with Gasteiger partial charge in [0.2, 0.25) is 5.91 Å². The Bertz CT molecular complexity index is 411. The van der Waals surface area contributed by atoms with E-state index in [4.69, 9.17) is 4.74 Å². The molecule has 0 unspecified atom stereocenters. The molecular formula is C17H30N2O3. The summed E-state index contributed by atoms with van der Waals surface area (Å²) >= 11 is 0. The Morgan fingerprint density at radius 3 is 2.77 bits per heavy atom. The van der Waals surface area contributed by atoms with Gasteiger partial charge in [-0.2, -0.15) is 0 Å². The van der Waals surface area contributed by atoms with Gasteiger partial charge in [-0.3, -0.25) is 4.79 Å². The van der Waals surface area contributed by atoms with Crippen molar-refractivity contribution in [1.82, 2.24) is 9.80 Å². The van der Waals surface area contributed by atoms with Crippen LogP contribution in [0.25, 0.3) is 0 Å². The van der Waals surface area contributed by atoms with E-state index in [9.17, 15) is 9.59 Å². The van der Waals surface area contributed by atoms with Crippen molar-refractivity contribution in [1.29, 1.82) is 0 Å². The minimum absolute atomic E-state index is 0.0793. The van der Waals surface area contributed by atoms with Crippen LogP contribution in [-0.2, 0) is 9.53 Å². The monoisotopic (exact) mass is 310 g/mol. The van der Waals surface area contributed by atoms with Gasteiger partial charge in [-0.1, -0.05) is 13.8 Å². The van der Waals surface area contributed by atoms with Crippen LogP contribution in [-0.4, -0.2) is 54.6 Å². The molecule has 1 atom stereocenters. The van der Waals surface area contributed by atoms with Crippen LogP contribution in [0.2, 0.25) is 0 Å². The van der Waals surface area contributed by atoms with E-state index in [2.05, 4.69) is 13.8 Å². The van der Waals surface area contributed by atoms with Crippen molar-refractivity contribution in [2.75, 3.05) is 32.8 Å². The molecule has 2 aliphatic rings. The molecule has 0 saturated carbocycles. The Kier molecular flexibility index (Phi) is 5.70. The second-order valence-corrected chi connectivity index (χ2v) is 7.22. The molecule has 2 rings (SSSR count). The molecule has 126 valence electrons. The molecule has 2 saturated heterocycles. The Hall–Kier alpha value is -1.26. The van der Waals surface area contributed by atoms with Crippen LogP contribution in [0.1, 0.15) is 52.9 Å². The summed E-state index contributed by atoms with van der Waals surface area (Å²) in [6, 6.07) is 0. The molecule has 0 radical (unpaired) electrons. The third-order valence-electron chi connectivity index (χ3n) is 4.91. The van der Waals surface area contributed by atoms with E-state index in [-0.39, 0.29) is 17.4 Å². The van der Waals surface area contributed by atoms with Gasteiger partial charge < -0.3 is 14.5 Å². The number of piperidine rings is 2. The molecule has 1 spiro atoms. The molecule has 0 aromatic rings. The Morgan fingerprint density at radius 1 is 1.32 bits per heavy atom. The summed E-state index contributed by atoms with van der Waals surface area (Å²) in [5.41, 5.74) is 0.0793. The average molecular weight is 310 g/mol. The summed E-state index contributed by atoms with van der Waals surface area (Å²) in [7, 11) is 0. The first-order chi connectivity index (χ1) is 10.5. The number of hydrogen-bond donors (Lipinski definition) is 0. The highest BCUT2D eigenvalue weighted by Crippen LogP contribution is 2.39. The van der Waals surface area contributed by atoms with Crippen LogP contribution in [0.3, 0.4) is 0 Å². The fourth-order valence-corrected chi connectivity index (χ4v) is 3.63. The van der Waals surface area contributed by atoms with Gasteiger partial charge in [0.25, 0.3) is 0 Å². The zero-order chi connectivity index (χ0) is 16.2. The molecule has 0 aromatic carbocycles. The van der Waals surface area contributed by atoms with Crippen molar-refractivity contribution in [3.05, 3.63) is 0 Å². The van der Waals surface area contributed by atoms with Gasteiger partial charge in [-0.05, 0) is 38.5 Å². The summed E-state index contributed by atoms with van der Waals surface area (Å²) in [6.45, 7) is 9.79. The van der Waals surface area contributed by atoms with Crippen LogP contribution in [0.4, 0.5) is 4.79 Å². The van der Waals surface area contributed by atoms with Gasteiger partial charge in [0.05, 0.1) is 6.61 Å². The Balaban J connectivity index is 1.99.